The number of anilines is 3. The van der Waals surface area contributed by atoms with Gasteiger partial charge in [-0.15, -0.1) is 10.2 Å². The van der Waals surface area contributed by atoms with Crippen LogP contribution in [0.25, 0.3) is 0 Å². The Balaban J connectivity index is 1.51. The highest BCUT2D eigenvalue weighted by Gasteiger charge is 2.10. The molecule has 1 heterocycles. The van der Waals surface area contributed by atoms with Gasteiger partial charge in [-0.25, -0.2) is 4.39 Å². The van der Waals surface area contributed by atoms with Crippen molar-refractivity contribution in [2.75, 3.05) is 23.5 Å². The van der Waals surface area contributed by atoms with Gasteiger partial charge in [-0.1, -0.05) is 35.2 Å². The zero-order valence-electron chi connectivity index (χ0n) is 13.7. The highest BCUT2D eigenvalue weighted by molar-refractivity contribution is 8.01. The molecular formula is C17H15FN4O2S2. The van der Waals surface area contributed by atoms with Crippen molar-refractivity contribution in [1.29, 1.82) is 0 Å². The van der Waals surface area contributed by atoms with E-state index in [2.05, 4.69) is 20.8 Å². The van der Waals surface area contributed by atoms with Gasteiger partial charge in [0, 0.05) is 5.69 Å². The number of methoxy groups -OCH3 is 1. The van der Waals surface area contributed by atoms with Crippen molar-refractivity contribution in [1.82, 2.24) is 10.2 Å². The lowest BCUT2D eigenvalue weighted by molar-refractivity contribution is -0.113. The molecule has 0 spiro atoms. The second-order valence-electron chi connectivity index (χ2n) is 5.04. The quantitative estimate of drug-likeness (QED) is 0.590. The minimum atomic E-state index is -0.465. The number of ether oxygens (including phenoxy) is 1. The van der Waals surface area contributed by atoms with E-state index >= 15 is 0 Å². The van der Waals surface area contributed by atoms with E-state index < -0.39 is 5.82 Å². The number of thioether (sulfide) groups is 1. The summed E-state index contributed by atoms with van der Waals surface area (Å²) >= 11 is 2.57. The van der Waals surface area contributed by atoms with Crippen LogP contribution in [0, 0.1) is 5.82 Å². The maximum absolute atomic E-state index is 13.5. The summed E-state index contributed by atoms with van der Waals surface area (Å²) in [6.07, 6.45) is 0. The Labute approximate surface area is 157 Å². The number of benzene rings is 2. The van der Waals surface area contributed by atoms with Crippen molar-refractivity contribution in [3.63, 3.8) is 0 Å². The van der Waals surface area contributed by atoms with Gasteiger partial charge in [-0.3, -0.25) is 4.79 Å². The third kappa shape index (κ3) is 4.93. The molecule has 0 bridgehead atoms. The molecule has 134 valence electrons. The number of para-hydroxylation sites is 1. The highest BCUT2D eigenvalue weighted by atomic mass is 32.2. The van der Waals surface area contributed by atoms with Crippen LogP contribution in [0.5, 0.6) is 5.75 Å². The molecule has 3 aromatic rings. The molecule has 0 saturated heterocycles. The Bertz CT molecular complexity index is 886. The Morgan fingerprint density at radius 3 is 2.69 bits per heavy atom. The van der Waals surface area contributed by atoms with Gasteiger partial charge in [0.2, 0.25) is 11.0 Å². The molecule has 9 heteroatoms. The number of nitrogens with zero attached hydrogens (tertiary/aromatic N) is 2. The number of hydrogen-bond donors (Lipinski definition) is 2. The first-order valence-electron chi connectivity index (χ1n) is 7.56. The van der Waals surface area contributed by atoms with Crippen molar-refractivity contribution < 1.29 is 13.9 Å². The number of nitrogens with one attached hydrogen (secondary N) is 2. The average Bonchev–Trinajstić information content (AvgIpc) is 3.10. The number of halogens is 1. The van der Waals surface area contributed by atoms with Gasteiger partial charge in [-0.2, -0.15) is 0 Å². The van der Waals surface area contributed by atoms with Gasteiger partial charge in [-0.05, 0) is 36.4 Å². The lowest BCUT2D eigenvalue weighted by atomic mass is 10.3. The van der Waals surface area contributed by atoms with Crippen LogP contribution in [0.4, 0.5) is 20.9 Å². The maximum atomic E-state index is 13.5. The van der Waals surface area contributed by atoms with Crippen LogP contribution in [0.2, 0.25) is 0 Å². The lowest BCUT2D eigenvalue weighted by Crippen LogP contribution is -2.14. The zero-order valence-corrected chi connectivity index (χ0v) is 15.4. The number of aromatic nitrogens is 2. The fraction of sp³-hybridized carbons (Fsp3) is 0.118. The highest BCUT2D eigenvalue weighted by Crippen LogP contribution is 2.28. The lowest BCUT2D eigenvalue weighted by Gasteiger charge is -2.04. The molecule has 0 radical (unpaired) electrons. The van der Waals surface area contributed by atoms with E-state index in [1.54, 1.807) is 19.2 Å². The molecule has 1 aromatic heterocycles. The second kappa shape index (κ2) is 8.63. The first kappa shape index (κ1) is 18.2. The first-order valence-corrected chi connectivity index (χ1v) is 9.36. The van der Waals surface area contributed by atoms with E-state index in [0.717, 1.165) is 11.4 Å². The summed E-state index contributed by atoms with van der Waals surface area (Å²) in [5.41, 5.74) is 1.02. The summed E-state index contributed by atoms with van der Waals surface area (Å²) in [5.74, 6) is 0.114. The van der Waals surface area contributed by atoms with Crippen molar-refractivity contribution >= 4 is 45.5 Å². The van der Waals surface area contributed by atoms with Gasteiger partial charge in [0.25, 0.3) is 0 Å². The molecule has 3 rings (SSSR count). The third-order valence-corrected chi connectivity index (χ3v) is 5.19. The molecule has 2 N–H and O–H groups in total. The van der Waals surface area contributed by atoms with Crippen LogP contribution >= 0.6 is 23.1 Å². The van der Waals surface area contributed by atoms with Crippen LogP contribution in [0.15, 0.2) is 52.9 Å². The molecule has 26 heavy (non-hydrogen) atoms. The smallest absolute Gasteiger partial charge is 0.234 e. The van der Waals surface area contributed by atoms with Crippen LogP contribution in [-0.2, 0) is 4.79 Å². The zero-order chi connectivity index (χ0) is 18.4. The molecule has 0 atom stereocenters. The topological polar surface area (TPSA) is 76.1 Å². The number of carbonyl (C=O) groups excluding carboxylic acids is 1. The average molecular weight is 390 g/mol. The fourth-order valence-corrected chi connectivity index (χ4v) is 3.56. The normalized spacial score (nSPS) is 10.4. The van der Waals surface area contributed by atoms with Gasteiger partial charge in [0.15, 0.2) is 4.34 Å². The SMILES string of the molecule is COc1ccc(Nc2nnc(SCC(=O)Nc3ccccc3F)s2)cc1. The Morgan fingerprint density at radius 1 is 1.19 bits per heavy atom. The van der Waals surface area contributed by atoms with Gasteiger partial charge in [0.1, 0.15) is 11.6 Å². The number of hydrogen-bond acceptors (Lipinski definition) is 7. The van der Waals surface area contributed by atoms with Gasteiger partial charge < -0.3 is 15.4 Å². The van der Waals surface area contributed by atoms with Crippen molar-refractivity contribution in [3.8, 4) is 5.75 Å². The standard InChI is InChI=1S/C17H15FN4O2S2/c1-24-12-8-6-11(7-9-12)19-16-21-22-17(26-16)25-10-15(23)20-14-5-3-2-4-13(14)18/h2-9H,10H2,1H3,(H,19,21)(H,20,23). The van der Waals surface area contributed by atoms with Crippen molar-refractivity contribution in [2.24, 2.45) is 0 Å². The summed E-state index contributed by atoms with van der Waals surface area (Å²) in [4.78, 5) is 11.9. The molecule has 0 saturated carbocycles. The summed E-state index contributed by atoms with van der Waals surface area (Å²) in [5, 5.41) is 14.4. The minimum Gasteiger partial charge on any atom is -0.497 e. The summed E-state index contributed by atoms with van der Waals surface area (Å²) in [7, 11) is 1.61. The molecule has 1 amide bonds. The molecule has 0 fully saturated rings. The molecule has 0 aliphatic carbocycles. The monoisotopic (exact) mass is 390 g/mol. The minimum absolute atomic E-state index is 0.117. The van der Waals surface area contributed by atoms with E-state index in [1.807, 2.05) is 24.3 Å². The van der Waals surface area contributed by atoms with Crippen LogP contribution in [0.3, 0.4) is 0 Å². The predicted octanol–water partition coefficient (Wildman–Crippen LogP) is 4.16. The molecule has 2 aromatic carbocycles. The van der Waals surface area contributed by atoms with Crippen molar-refractivity contribution in [2.45, 2.75) is 4.34 Å². The molecule has 6 nitrogen and oxygen atoms in total. The Morgan fingerprint density at radius 2 is 1.96 bits per heavy atom. The predicted molar refractivity (Wildman–Crippen MR) is 102 cm³/mol. The molecular weight excluding hydrogens is 375 g/mol. The van der Waals surface area contributed by atoms with Crippen molar-refractivity contribution in [3.05, 3.63) is 54.3 Å². The Kier molecular flexibility index (Phi) is 6.03. The van der Waals surface area contributed by atoms with Crippen LogP contribution < -0.4 is 15.4 Å². The maximum Gasteiger partial charge on any atom is 0.234 e. The Hall–Kier alpha value is -2.65. The van der Waals surface area contributed by atoms with Gasteiger partial charge >= 0.3 is 0 Å². The van der Waals surface area contributed by atoms with E-state index in [0.29, 0.717) is 9.47 Å². The van der Waals surface area contributed by atoms with Crippen LogP contribution in [0.1, 0.15) is 0 Å². The molecule has 0 aliphatic rings. The number of amides is 1. The van der Waals surface area contributed by atoms with E-state index in [4.69, 9.17) is 4.74 Å². The number of rotatable bonds is 7. The van der Waals surface area contributed by atoms with Crippen LogP contribution in [-0.4, -0.2) is 29.0 Å². The second-order valence-corrected chi connectivity index (χ2v) is 7.24. The first-order chi connectivity index (χ1) is 12.6. The van der Waals surface area contributed by atoms with Gasteiger partial charge in [0.05, 0.1) is 18.6 Å². The number of carbonyl (C=O) groups is 1. The third-order valence-electron chi connectivity index (χ3n) is 3.22. The fourth-order valence-electron chi connectivity index (χ4n) is 1.99. The summed E-state index contributed by atoms with van der Waals surface area (Å²) in [6.45, 7) is 0. The van der Waals surface area contributed by atoms with E-state index in [1.165, 1.54) is 35.2 Å². The largest absolute Gasteiger partial charge is 0.497 e. The van der Waals surface area contributed by atoms with E-state index in [-0.39, 0.29) is 17.3 Å². The summed E-state index contributed by atoms with van der Waals surface area (Å²) in [6, 6.07) is 13.5. The molecule has 0 aliphatic heterocycles. The summed E-state index contributed by atoms with van der Waals surface area (Å²) < 4.78 is 19.3. The van der Waals surface area contributed by atoms with E-state index in [9.17, 15) is 9.18 Å². The molecule has 0 unspecified atom stereocenters.